The highest BCUT2D eigenvalue weighted by Crippen LogP contribution is 2.42. The Kier molecular flexibility index (Phi) is 3.16. The summed E-state index contributed by atoms with van der Waals surface area (Å²) >= 11 is 0. The van der Waals surface area contributed by atoms with Gasteiger partial charge in [-0.25, -0.2) is 0 Å². The maximum absolute atomic E-state index is 10.3. The number of methoxy groups -OCH3 is 1. The van der Waals surface area contributed by atoms with Crippen molar-refractivity contribution < 1.29 is 14.6 Å². The summed E-state index contributed by atoms with van der Waals surface area (Å²) in [5.74, 6) is 2.22. The van der Waals surface area contributed by atoms with Crippen LogP contribution in [-0.4, -0.2) is 18.3 Å². The predicted octanol–water partition coefficient (Wildman–Crippen LogP) is 3.07. The zero-order chi connectivity index (χ0) is 12.5. The van der Waals surface area contributed by atoms with Crippen LogP contribution in [0.5, 0.6) is 11.5 Å². The first-order chi connectivity index (χ1) is 8.78. The fourth-order valence-corrected chi connectivity index (χ4v) is 3.20. The summed E-state index contributed by atoms with van der Waals surface area (Å²) in [5, 5.41) is 10.3. The maximum Gasteiger partial charge on any atom is 0.125 e. The fraction of sp³-hybridized carbons (Fsp3) is 0.600. The summed E-state index contributed by atoms with van der Waals surface area (Å²) in [4.78, 5) is 0. The van der Waals surface area contributed by atoms with Crippen molar-refractivity contribution >= 4 is 0 Å². The van der Waals surface area contributed by atoms with Gasteiger partial charge in [0, 0.05) is 12.0 Å². The van der Waals surface area contributed by atoms with E-state index in [1.54, 1.807) is 7.11 Å². The minimum absolute atomic E-state index is 0.184. The molecule has 1 unspecified atom stereocenters. The normalized spacial score (nSPS) is 27.7. The van der Waals surface area contributed by atoms with Crippen LogP contribution in [0.1, 0.15) is 43.8 Å². The number of hydrogen-bond acceptors (Lipinski definition) is 3. The monoisotopic (exact) mass is 248 g/mol. The van der Waals surface area contributed by atoms with E-state index in [4.69, 9.17) is 9.47 Å². The van der Waals surface area contributed by atoms with Gasteiger partial charge in [0.1, 0.15) is 17.6 Å². The fourth-order valence-electron chi connectivity index (χ4n) is 3.20. The third kappa shape index (κ3) is 2.07. The minimum atomic E-state index is -0.422. The number of aliphatic hydroxyl groups is 1. The Bertz CT molecular complexity index is 424. The van der Waals surface area contributed by atoms with Crippen molar-refractivity contribution in [1.29, 1.82) is 0 Å². The first-order valence-electron chi connectivity index (χ1n) is 6.80. The van der Waals surface area contributed by atoms with Crippen LogP contribution in [0.2, 0.25) is 0 Å². The van der Waals surface area contributed by atoms with Crippen molar-refractivity contribution in [2.24, 2.45) is 5.92 Å². The topological polar surface area (TPSA) is 38.7 Å². The van der Waals surface area contributed by atoms with Crippen LogP contribution < -0.4 is 9.47 Å². The predicted molar refractivity (Wildman–Crippen MR) is 68.9 cm³/mol. The van der Waals surface area contributed by atoms with E-state index in [0.717, 1.165) is 17.1 Å². The van der Waals surface area contributed by atoms with Gasteiger partial charge in [0.15, 0.2) is 0 Å². The van der Waals surface area contributed by atoms with E-state index in [2.05, 4.69) is 0 Å². The first-order valence-corrected chi connectivity index (χ1v) is 6.80. The zero-order valence-electron chi connectivity index (χ0n) is 10.8. The van der Waals surface area contributed by atoms with E-state index < -0.39 is 6.10 Å². The first kappa shape index (κ1) is 11.8. The number of aliphatic hydroxyl groups excluding tert-OH is 1. The highest BCUT2D eigenvalue weighted by atomic mass is 16.5. The number of ether oxygens (including phenoxy) is 2. The average Bonchev–Trinajstić information content (AvgIpc) is 2.92. The molecule has 1 fully saturated rings. The second-order valence-corrected chi connectivity index (χ2v) is 5.36. The molecule has 0 radical (unpaired) electrons. The van der Waals surface area contributed by atoms with E-state index in [1.165, 1.54) is 25.7 Å². The summed E-state index contributed by atoms with van der Waals surface area (Å²) in [5.41, 5.74) is 0.864. The summed E-state index contributed by atoms with van der Waals surface area (Å²) in [6.45, 7) is 0. The molecule has 3 nitrogen and oxygen atoms in total. The molecule has 1 N–H and O–H groups in total. The maximum atomic E-state index is 10.3. The largest absolute Gasteiger partial charge is 0.497 e. The molecule has 2 aliphatic rings. The van der Waals surface area contributed by atoms with Crippen LogP contribution in [0.3, 0.4) is 0 Å². The third-order valence-electron chi connectivity index (χ3n) is 4.24. The van der Waals surface area contributed by atoms with Gasteiger partial charge in [-0.2, -0.15) is 0 Å². The molecular formula is C15H20O3. The van der Waals surface area contributed by atoms with Crippen molar-refractivity contribution in [3.63, 3.8) is 0 Å². The Hall–Kier alpha value is -1.22. The molecule has 1 heterocycles. The highest BCUT2D eigenvalue weighted by molar-refractivity contribution is 5.43. The Morgan fingerprint density at radius 1 is 1.28 bits per heavy atom. The van der Waals surface area contributed by atoms with E-state index in [0.29, 0.717) is 12.3 Å². The SMILES string of the molecule is COc1ccc2c(c1)[C@H](O)CC(C1CCCC1)O2. The molecule has 2 atom stereocenters. The summed E-state index contributed by atoms with van der Waals surface area (Å²) in [6.07, 6.45) is 5.56. The second kappa shape index (κ2) is 4.81. The summed E-state index contributed by atoms with van der Waals surface area (Å²) in [7, 11) is 1.64. The van der Waals surface area contributed by atoms with Gasteiger partial charge in [0.2, 0.25) is 0 Å². The minimum Gasteiger partial charge on any atom is -0.497 e. The molecule has 0 spiro atoms. The standard InChI is InChI=1S/C15H20O3/c1-17-11-6-7-14-12(8-11)13(16)9-15(18-14)10-4-2-3-5-10/h6-8,10,13,15-16H,2-5,9H2,1H3/t13-,15?/m1/s1. The van der Waals surface area contributed by atoms with Gasteiger partial charge >= 0.3 is 0 Å². The summed E-state index contributed by atoms with van der Waals surface area (Å²) < 4.78 is 11.3. The molecule has 0 bridgehead atoms. The highest BCUT2D eigenvalue weighted by Gasteiger charge is 2.34. The molecule has 0 aromatic heterocycles. The van der Waals surface area contributed by atoms with Gasteiger partial charge in [0.05, 0.1) is 13.2 Å². The average molecular weight is 248 g/mol. The van der Waals surface area contributed by atoms with E-state index >= 15 is 0 Å². The van der Waals surface area contributed by atoms with Crippen molar-refractivity contribution in [3.8, 4) is 11.5 Å². The molecule has 1 aliphatic heterocycles. The quantitative estimate of drug-likeness (QED) is 0.874. The van der Waals surface area contributed by atoms with Crippen LogP contribution in [0, 0.1) is 5.92 Å². The van der Waals surface area contributed by atoms with Crippen LogP contribution in [0.25, 0.3) is 0 Å². The van der Waals surface area contributed by atoms with Crippen LogP contribution >= 0.6 is 0 Å². The van der Waals surface area contributed by atoms with Gasteiger partial charge in [-0.15, -0.1) is 0 Å². The van der Waals surface area contributed by atoms with Gasteiger partial charge in [0.25, 0.3) is 0 Å². The molecule has 1 aliphatic carbocycles. The van der Waals surface area contributed by atoms with Crippen molar-refractivity contribution in [2.45, 2.75) is 44.3 Å². The Morgan fingerprint density at radius 3 is 2.78 bits per heavy atom. The van der Waals surface area contributed by atoms with Crippen molar-refractivity contribution in [2.75, 3.05) is 7.11 Å². The van der Waals surface area contributed by atoms with E-state index in [9.17, 15) is 5.11 Å². The van der Waals surface area contributed by atoms with Gasteiger partial charge in [-0.3, -0.25) is 0 Å². The van der Waals surface area contributed by atoms with Gasteiger partial charge in [-0.1, -0.05) is 12.8 Å². The number of benzene rings is 1. The molecule has 1 saturated carbocycles. The smallest absolute Gasteiger partial charge is 0.125 e. The molecule has 3 heteroatoms. The number of rotatable bonds is 2. The lowest BCUT2D eigenvalue weighted by Gasteiger charge is -2.33. The molecular weight excluding hydrogens is 228 g/mol. The Balaban J connectivity index is 1.83. The molecule has 18 heavy (non-hydrogen) atoms. The van der Waals surface area contributed by atoms with Crippen molar-refractivity contribution in [1.82, 2.24) is 0 Å². The van der Waals surface area contributed by atoms with E-state index in [1.807, 2.05) is 18.2 Å². The van der Waals surface area contributed by atoms with Crippen LogP contribution in [0.15, 0.2) is 18.2 Å². The summed E-state index contributed by atoms with van der Waals surface area (Å²) in [6, 6.07) is 5.69. The molecule has 0 saturated heterocycles. The van der Waals surface area contributed by atoms with Gasteiger partial charge in [-0.05, 0) is 37.0 Å². The van der Waals surface area contributed by atoms with Crippen LogP contribution in [0.4, 0.5) is 0 Å². The lowest BCUT2D eigenvalue weighted by molar-refractivity contribution is 0.0354. The Labute approximate surface area is 108 Å². The van der Waals surface area contributed by atoms with Crippen molar-refractivity contribution in [3.05, 3.63) is 23.8 Å². The zero-order valence-corrected chi connectivity index (χ0v) is 10.8. The van der Waals surface area contributed by atoms with E-state index in [-0.39, 0.29) is 6.10 Å². The second-order valence-electron chi connectivity index (χ2n) is 5.36. The Morgan fingerprint density at radius 2 is 2.06 bits per heavy atom. The van der Waals surface area contributed by atoms with Gasteiger partial charge < -0.3 is 14.6 Å². The molecule has 3 rings (SSSR count). The molecule has 98 valence electrons. The molecule has 1 aromatic carbocycles. The number of fused-ring (bicyclic) bond motifs is 1. The third-order valence-corrected chi connectivity index (χ3v) is 4.24. The number of hydrogen-bond donors (Lipinski definition) is 1. The molecule has 0 amide bonds. The van der Waals surface area contributed by atoms with Crippen LogP contribution in [-0.2, 0) is 0 Å². The lowest BCUT2D eigenvalue weighted by atomic mass is 9.90. The lowest BCUT2D eigenvalue weighted by Crippen LogP contribution is -2.31. The molecule has 1 aromatic rings.